The third-order valence-electron chi connectivity index (χ3n) is 2.94. The monoisotopic (exact) mass is 284 g/mol. The summed E-state index contributed by atoms with van der Waals surface area (Å²) in [7, 11) is 0. The molecule has 1 aliphatic rings. The molecule has 15 heavy (non-hydrogen) atoms. The predicted molar refractivity (Wildman–Crippen MR) is 68.4 cm³/mol. The molecule has 0 amide bonds. The first-order valence-corrected chi connectivity index (χ1v) is 4.21. The Balaban J connectivity index is -0.000000151. The van der Waals surface area contributed by atoms with Crippen LogP contribution >= 0.6 is 0 Å². The van der Waals surface area contributed by atoms with Gasteiger partial charge in [-0.05, 0) is 5.41 Å². The van der Waals surface area contributed by atoms with E-state index >= 15 is 0 Å². The Morgan fingerprint density at radius 3 is 1.73 bits per heavy atom. The molecule has 0 N–H and O–H groups in total. The average molecular weight is 286 g/mol. The normalized spacial score (nSPS) is 17.3. The van der Waals surface area contributed by atoms with Crippen LogP contribution in [0, 0.1) is 33.8 Å². The molecule has 1 aliphatic carbocycles. The smallest absolute Gasteiger partial charge is 0.358 e. The molecule has 0 spiro atoms. The summed E-state index contributed by atoms with van der Waals surface area (Å²) >= 11 is 0. The van der Waals surface area contributed by atoms with Crippen molar-refractivity contribution in [3.8, 4) is 0 Å². The van der Waals surface area contributed by atoms with Crippen molar-refractivity contribution in [2.45, 2.75) is 41.0 Å². The van der Waals surface area contributed by atoms with Crippen LogP contribution in [0.3, 0.4) is 0 Å². The van der Waals surface area contributed by atoms with E-state index in [-0.39, 0.29) is 48.5 Å². The zero-order valence-electron chi connectivity index (χ0n) is 11.7. The second-order valence-corrected chi connectivity index (χ2v) is 4.11. The molecule has 0 heterocycles. The van der Waals surface area contributed by atoms with Gasteiger partial charge in [0, 0.05) is 0 Å². The van der Waals surface area contributed by atoms with E-state index in [1.165, 1.54) is 16.7 Å². The molecule has 0 saturated carbocycles. The van der Waals surface area contributed by atoms with Crippen LogP contribution in [0.25, 0.3) is 0 Å². The molecular weight excluding hydrogens is 259 g/mol. The largest absolute Gasteiger partial charge is 4.00 e. The van der Waals surface area contributed by atoms with E-state index in [1.54, 1.807) is 0 Å². The minimum atomic E-state index is 0. The standard InChI is InChI=1S/C11H17.3CH3.Zr/c1-8-6-7-11(4,5)10(3)9(8)2;;;;/h7H2,1-5H3;3*1H3;/q4*-1;+4. The third kappa shape index (κ3) is 5.29. The van der Waals surface area contributed by atoms with Gasteiger partial charge in [-0.3, -0.25) is 6.08 Å². The van der Waals surface area contributed by atoms with Gasteiger partial charge < -0.3 is 22.3 Å². The molecule has 1 rings (SSSR count). The third-order valence-corrected chi connectivity index (χ3v) is 2.94. The minimum Gasteiger partial charge on any atom is -0.358 e. The summed E-state index contributed by atoms with van der Waals surface area (Å²) in [5, 5.41) is 0. The molecule has 0 fully saturated rings. The maximum absolute atomic E-state index is 3.41. The van der Waals surface area contributed by atoms with Crippen molar-refractivity contribution in [3.63, 3.8) is 0 Å². The molecule has 0 aromatic rings. The molecule has 0 radical (unpaired) electrons. The Morgan fingerprint density at radius 1 is 1.00 bits per heavy atom. The van der Waals surface area contributed by atoms with Crippen molar-refractivity contribution in [3.05, 3.63) is 45.1 Å². The van der Waals surface area contributed by atoms with Crippen molar-refractivity contribution < 1.29 is 26.2 Å². The van der Waals surface area contributed by atoms with Gasteiger partial charge in [0.15, 0.2) is 0 Å². The van der Waals surface area contributed by atoms with Gasteiger partial charge in [0.1, 0.15) is 0 Å². The molecule has 86 valence electrons. The van der Waals surface area contributed by atoms with Gasteiger partial charge in [0.2, 0.25) is 0 Å². The van der Waals surface area contributed by atoms with Crippen LogP contribution in [0.2, 0.25) is 0 Å². The van der Waals surface area contributed by atoms with Gasteiger partial charge in [-0.1, -0.05) is 27.7 Å². The molecular formula is C14H26Zr. The predicted octanol–water partition coefficient (Wildman–Crippen LogP) is 4.85. The van der Waals surface area contributed by atoms with E-state index in [9.17, 15) is 0 Å². The summed E-state index contributed by atoms with van der Waals surface area (Å²) < 4.78 is 0. The van der Waals surface area contributed by atoms with Gasteiger partial charge in [-0.25, -0.2) is 5.57 Å². The minimum absolute atomic E-state index is 0. The SMILES string of the molecule is CC1=[C-]CC(C)(C)C(C)=C1C.[CH3-].[CH3-].[CH3-].[Zr+4]. The zero-order chi connectivity index (χ0) is 8.65. The Bertz CT molecular complexity index is 232. The van der Waals surface area contributed by atoms with Gasteiger partial charge >= 0.3 is 26.2 Å². The molecule has 0 saturated heterocycles. The van der Waals surface area contributed by atoms with E-state index in [1.807, 2.05) is 0 Å². The first kappa shape index (κ1) is 24.5. The maximum atomic E-state index is 3.41. The van der Waals surface area contributed by atoms with E-state index in [0.717, 1.165) is 6.42 Å². The second-order valence-electron chi connectivity index (χ2n) is 4.11. The van der Waals surface area contributed by atoms with Crippen molar-refractivity contribution in [1.82, 2.24) is 0 Å². The van der Waals surface area contributed by atoms with E-state index in [2.05, 4.69) is 40.7 Å². The van der Waals surface area contributed by atoms with E-state index in [0.29, 0.717) is 5.41 Å². The Kier molecular flexibility index (Phi) is 13.9. The molecule has 1 heteroatoms. The Labute approximate surface area is 117 Å². The topological polar surface area (TPSA) is 0 Å². The van der Waals surface area contributed by atoms with Crippen LogP contribution in [0.15, 0.2) is 16.7 Å². The van der Waals surface area contributed by atoms with Crippen molar-refractivity contribution in [2.75, 3.05) is 0 Å². The average Bonchev–Trinajstić information content (AvgIpc) is 1.95. The van der Waals surface area contributed by atoms with Crippen LogP contribution < -0.4 is 0 Å². The van der Waals surface area contributed by atoms with Crippen LogP contribution in [0.4, 0.5) is 0 Å². The number of hydrogen-bond acceptors (Lipinski definition) is 0. The van der Waals surface area contributed by atoms with Gasteiger partial charge in [-0.15, -0.1) is 18.9 Å². The molecule has 0 aliphatic heterocycles. The fraction of sp³-hybridized carbons (Fsp3) is 0.500. The zero-order valence-corrected chi connectivity index (χ0v) is 14.2. The van der Waals surface area contributed by atoms with Crippen LogP contribution in [0.5, 0.6) is 0 Å². The quantitative estimate of drug-likeness (QED) is 0.558. The Morgan fingerprint density at radius 2 is 1.40 bits per heavy atom. The second kappa shape index (κ2) is 8.51. The molecule has 0 nitrogen and oxygen atoms in total. The number of hydrogen-bond donors (Lipinski definition) is 0. The van der Waals surface area contributed by atoms with Crippen molar-refractivity contribution in [1.29, 1.82) is 0 Å². The summed E-state index contributed by atoms with van der Waals surface area (Å²) in [4.78, 5) is 0. The molecule has 0 bridgehead atoms. The molecule has 0 aromatic heterocycles. The molecule has 0 unspecified atom stereocenters. The van der Waals surface area contributed by atoms with Gasteiger partial charge in [0.25, 0.3) is 0 Å². The first-order chi connectivity index (χ1) is 4.95. The maximum Gasteiger partial charge on any atom is 4.00 e. The summed E-state index contributed by atoms with van der Waals surface area (Å²) in [5.74, 6) is 0. The van der Waals surface area contributed by atoms with Crippen molar-refractivity contribution in [2.24, 2.45) is 5.41 Å². The fourth-order valence-electron chi connectivity index (χ4n) is 1.41. The van der Waals surface area contributed by atoms with Gasteiger partial charge in [-0.2, -0.15) is 5.57 Å². The molecule has 0 atom stereocenters. The van der Waals surface area contributed by atoms with Crippen LogP contribution in [0.1, 0.15) is 41.0 Å². The molecule has 0 aromatic carbocycles. The van der Waals surface area contributed by atoms with Crippen LogP contribution in [-0.2, 0) is 26.2 Å². The summed E-state index contributed by atoms with van der Waals surface area (Å²) in [6.07, 6.45) is 4.48. The summed E-state index contributed by atoms with van der Waals surface area (Å²) in [6, 6.07) is 0. The summed E-state index contributed by atoms with van der Waals surface area (Å²) in [6.45, 7) is 11.1. The number of rotatable bonds is 0. The summed E-state index contributed by atoms with van der Waals surface area (Å²) in [5.41, 5.74) is 4.63. The van der Waals surface area contributed by atoms with Crippen molar-refractivity contribution >= 4 is 0 Å². The fourth-order valence-corrected chi connectivity index (χ4v) is 1.41. The number of allylic oxidation sites excluding steroid dienone is 4. The van der Waals surface area contributed by atoms with Gasteiger partial charge in [0.05, 0.1) is 0 Å². The van der Waals surface area contributed by atoms with Crippen LogP contribution in [-0.4, -0.2) is 0 Å². The Hall–Kier alpha value is 0.363. The first-order valence-electron chi connectivity index (χ1n) is 4.21. The van der Waals surface area contributed by atoms with E-state index < -0.39 is 0 Å². The van der Waals surface area contributed by atoms with E-state index in [4.69, 9.17) is 0 Å².